The quantitative estimate of drug-likeness (QED) is 0.774. The van der Waals surface area contributed by atoms with Gasteiger partial charge in [0.05, 0.1) is 7.11 Å². The van der Waals surface area contributed by atoms with Gasteiger partial charge in [0.25, 0.3) is 0 Å². The molecule has 1 aromatic rings. The van der Waals surface area contributed by atoms with Crippen molar-refractivity contribution in [2.75, 3.05) is 20.8 Å². The molecule has 1 atom stereocenters. The summed E-state index contributed by atoms with van der Waals surface area (Å²) in [7, 11) is 3.59. The first-order chi connectivity index (χ1) is 7.72. The summed E-state index contributed by atoms with van der Waals surface area (Å²) in [4.78, 5) is 0. The van der Waals surface area contributed by atoms with E-state index in [4.69, 9.17) is 9.84 Å². The first-order valence-electron chi connectivity index (χ1n) is 5.66. The fourth-order valence-corrected chi connectivity index (χ4v) is 2.07. The van der Waals surface area contributed by atoms with Crippen molar-refractivity contribution in [3.63, 3.8) is 0 Å². The summed E-state index contributed by atoms with van der Waals surface area (Å²) in [5.41, 5.74) is 1.05. The van der Waals surface area contributed by atoms with Gasteiger partial charge in [-0.05, 0) is 37.6 Å². The van der Waals surface area contributed by atoms with Crippen LogP contribution in [0.25, 0.3) is 0 Å². The van der Waals surface area contributed by atoms with E-state index in [-0.39, 0.29) is 12.1 Å². The normalized spacial score (nSPS) is 14.5. The van der Waals surface area contributed by atoms with Gasteiger partial charge in [-0.3, -0.25) is 0 Å². The molecule has 90 valence electrons. The first-order valence-corrected chi connectivity index (χ1v) is 5.66. The van der Waals surface area contributed by atoms with E-state index in [1.807, 2.05) is 19.2 Å². The SMILES string of the molecule is CCC(CCO)(NC)c1ccc(OC)cc1. The Morgan fingerprint density at radius 3 is 2.31 bits per heavy atom. The lowest BCUT2D eigenvalue weighted by Crippen LogP contribution is -2.40. The van der Waals surface area contributed by atoms with Gasteiger partial charge in [0.2, 0.25) is 0 Å². The monoisotopic (exact) mass is 223 g/mol. The molecule has 0 fully saturated rings. The molecule has 0 heterocycles. The second-order valence-corrected chi connectivity index (χ2v) is 3.89. The maximum atomic E-state index is 9.16. The minimum Gasteiger partial charge on any atom is -0.497 e. The summed E-state index contributed by atoms with van der Waals surface area (Å²) in [5.74, 6) is 0.855. The van der Waals surface area contributed by atoms with Gasteiger partial charge < -0.3 is 15.2 Å². The molecule has 1 aromatic carbocycles. The Balaban J connectivity index is 3.00. The zero-order valence-electron chi connectivity index (χ0n) is 10.3. The van der Waals surface area contributed by atoms with Gasteiger partial charge in [-0.15, -0.1) is 0 Å². The summed E-state index contributed by atoms with van der Waals surface area (Å²) in [6, 6.07) is 8.01. The number of methoxy groups -OCH3 is 1. The van der Waals surface area contributed by atoms with Gasteiger partial charge in [-0.1, -0.05) is 19.1 Å². The largest absolute Gasteiger partial charge is 0.497 e. The third kappa shape index (κ3) is 2.54. The van der Waals surface area contributed by atoms with Gasteiger partial charge >= 0.3 is 0 Å². The second kappa shape index (κ2) is 5.87. The molecule has 0 spiro atoms. The molecule has 0 amide bonds. The van der Waals surface area contributed by atoms with Crippen molar-refractivity contribution in [1.29, 1.82) is 0 Å². The number of benzene rings is 1. The lowest BCUT2D eigenvalue weighted by molar-refractivity contribution is 0.212. The van der Waals surface area contributed by atoms with Gasteiger partial charge in [0.1, 0.15) is 5.75 Å². The van der Waals surface area contributed by atoms with Crippen LogP contribution in [0, 0.1) is 0 Å². The van der Waals surface area contributed by atoms with Crippen molar-refractivity contribution < 1.29 is 9.84 Å². The van der Waals surface area contributed by atoms with Crippen LogP contribution in [0.15, 0.2) is 24.3 Å². The minimum atomic E-state index is -0.138. The van der Waals surface area contributed by atoms with Gasteiger partial charge in [-0.2, -0.15) is 0 Å². The number of ether oxygens (including phenoxy) is 1. The molecular weight excluding hydrogens is 202 g/mol. The Hall–Kier alpha value is -1.06. The van der Waals surface area contributed by atoms with E-state index in [1.165, 1.54) is 5.56 Å². The third-order valence-corrected chi connectivity index (χ3v) is 3.26. The summed E-state index contributed by atoms with van der Waals surface area (Å²) in [6.07, 6.45) is 1.66. The van der Waals surface area contributed by atoms with Crippen molar-refractivity contribution in [2.24, 2.45) is 0 Å². The highest BCUT2D eigenvalue weighted by molar-refractivity contribution is 5.32. The van der Waals surface area contributed by atoms with Gasteiger partial charge in [-0.25, -0.2) is 0 Å². The van der Waals surface area contributed by atoms with Crippen LogP contribution in [0.5, 0.6) is 5.75 Å². The summed E-state index contributed by atoms with van der Waals surface area (Å²) < 4.78 is 5.14. The van der Waals surface area contributed by atoms with Crippen molar-refractivity contribution in [2.45, 2.75) is 25.3 Å². The molecule has 0 bridgehead atoms. The second-order valence-electron chi connectivity index (χ2n) is 3.89. The van der Waals surface area contributed by atoms with E-state index in [9.17, 15) is 0 Å². The molecule has 3 nitrogen and oxygen atoms in total. The lowest BCUT2D eigenvalue weighted by atomic mass is 9.84. The van der Waals surface area contributed by atoms with Crippen LogP contribution in [0.2, 0.25) is 0 Å². The Morgan fingerprint density at radius 2 is 1.94 bits per heavy atom. The Labute approximate surface area is 97.4 Å². The van der Waals surface area contributed by atoms with Gasteiger partial charge in [0, 0.05) is 12.1 Å². The van der Waals surface area contributed by atoms with Crippen LogP contribution in [0.1, 0.15) is 25.3 Å². The van der Waals surface area contributed by atoms with Crippen LogP contribution in [-0.4, -0.2) is 25.9 Å². The molecule has 0 aliphatic carbocycles. The highest BCUT2D eigenvalue weighted by Gasteiger charge is 2.27. The van der Waals surface area contributed by atoms with Crippen LogP contribution < -0.4 is 10.1 Å². The standard InChI is InChI=1S/C13H21NO2/c1-4-13(14-2,9-10-15)11-5-7-12(16-3)8-6-11/h5-8,14-15H,4,9-10H2,1-3H3. The maximum Gasteiger partial charge on any atom is 0.118 e. The summed E-state index contributed by atoms with van der Waals surface area (Å²) in [6.45, 7) is 2.30. The Morgan fingerprint density at radius 1 is 1.31 bits per heavy atom. The van der Waals surface area contributed by atoms with Crippen LogP contribution in [0.4, 0.5) is 0 Å². The fraction of sp³-hybridized carbons (Fsp3) is 0.538. The predicted molar refractivity (Wildman–Crippen MR) is 65.7 cm³/mol. The van der Waals surface area contributed by atoms with E-state index in [2.05, 4.69) is 24.4 Å². The third-order valence-electron chi connectivity index (χ3n) is 3.26. The van der Waals surface area contributed by atoms with Crippen molar-refractivity contribution in [3.05, 3.63) is 29.8 Å². The van der Waals surface area contributed by atoms with Crippen LogP contribution >= 0.6 is 0 Å². The van der Waals surface area contributed by atoms with E-state index >= 15 is 0 Å². The van der Waals surface area contributed by atoms with E-state index in [0.717, 1.165) is 12.2 Å². The zero-order chi connectivity index (χ0) is 12.0. The molecule has 1 unspecified atom stereocenters. The number of aliphatic hydroxyl groups excluding tert-OH is 1. The molecule has 0 radical (unpaired) electrons. The van der Waals surface area contributed by atoms with E-state index in [1.54, 1.807) is 7.11 Å². The van der Waals surface area contributed by atoms with Crippen LogP contribution in [-0.2, 0) is 5.54 Å². The Kier molecular flexibility index (Phi) is 4.77. The van der Waals surface area contributed by atoms with Gasteiger partial charge in [0.15, 0.2) is 0 Å². The van der Waals surface area contributed by atoms with Crippen molar-refractivity contribution in [3.8, 4) is 5.75 Å². The topological polar surface area (TPSA) is 41.5 Å². The number of rotatable bonds is 6. The number of aliphatic hydroxyl groups is 1. The van der Waals surface area contributed by atoms with E-state index in [0.29, 0.717) is 6.42 Å². The Bertz CT molecular complexity index is 304. The molecule has 0 aliphatic heterocycles. The predicted octanol–water partition coefficient (Wildman–Crippen LogP) is 1.90. The number of hydrogen-bond donors (Lipinski definition) is 2. The highest BCUT2D eigenvalue weighted by atomic mass is 16.5. The molecule has 3 heteroatoms. The molecule has 0 saturated heterocycles. The maximum absolute atomic E-state index is 9.16. The number of nitrogens with one attached hydrogen (secondary N) is 1. The fourth-order valence-electron chi connectivity index (χ4n) is 2.07. The highest BCUT2D eigenvalue weighted by Crippen LogP contribution is 2.29. The summed E-state index contributed by atoms with van der Waals surface area (Å²) in [5, 5.41) is 12.5. The zero-order valence-corrected chi connectivity index (χ0v) is 10.3. The lowest BCUT2D eigenvalue weighted by Gasteiger charge is -2.32. The van der Waals surface area contributed by atoms with Crippen molar-refractivity contribution in [1.82, 2.24) is 5.32 Å². The molecule has 0 saturated carbocycles. The smallest absolute Gasteiger partial charge is 0.118 e. The molecule has 0 aromatic heterocycles. The molecule has 2 N–H and O–H groups in total. The van der Waals surface area contributed by atoms with Crippen molar-refractivity contribution >= 4 is 0 Å². The first kappa shape index (κ1) is 13.0. The average Bonchev–Trinajstić information content (AvgIpc) is 2.36. The molecule has 16 heavy (non-hydrogen) atoms. The summed E-state index contributed by atoms with van der Waals surface area (Å²) >= 11 is 0. The minimum absolute atomic E-state index is 0.138. The molecule has 1 rings (SSSR count). The average molecular weight is 223 g/mol. The van der Waals surface area contributed by atoms with E-state index < -0.39 is 0 Å². The molecular formula is C13H21NO2. The molecule has 0 aliphatic rings. The number of hydrogen-bond acceptors (Lipinski definition) is 3. The van der Waals surface area contributed by atoms with Crippen LogP contribution in [0.3, 0.4) is 0 Å².